The van der Waals surface area contributed by atoms with Gasteiger partial charge in [-0.3, -0.25) is 14.5 Å². The summed E-state index contributed by atoms with van der Waals surface area (Å²) in [5.41, 5.74) is 4.19. The van der Waals surface area contributed by atoms with Gasteiger partial charge in [0.05, 0.1) is 0 Å². The van der Waals surface area contributed by atoms with Gasteiger partial charge in [-0.05, 0) is 79.8 Å². The van der Waals surface area contributed by atoms with Gasteiger partial charge < -0.3 is 14.5 Å². The van der Waals surface area contributed by atoms with Crippen molar-refractivity contribution in [3.8, 4) is 11.1 Å². The lowest BCUT2D eigenvalue weighted by Gasteiger charge is -2.27. The van der Waals surface area contributed by atoms with Crippen LogP contribution in [0.5, 0.6) is 0 Å². The van der Waals surface area contributed by atoms with Gasteiger partial charge in [0.1, 0.15) is 5.54 Å². The Morgan fingerprint density at radius 2 is 1.61 bits per heavy atom. The topological polar surface area (TPSA) is 70.2 Å². The SMILES string of the molecule is CC1(C)C(=O)N(CC2CCOCC2)C(=O)N1Cc1ccc(-c2ccc3c(c2)CN(C2CC2)C3=O)cc1. The zero-order valence-electron chi connectivity index (χ0n) is 21.0. The van der Waals surface area contributed by atoms with Gasteiger partial charge >= 0.3 is 6.03 Å². The molecule has 0 radical (unpaired) electrons. The molecule has 7 nitrogen and oxygen atoms in total. The number of hydrogen-bond donors (Lipinski definition) is 0. The normalized spacial score (nSPS) is 22.1. The molecule has 0 aromatic heterocycles. The molecular weight excluding hydrogens is 454 g/mol. The molecule has 0 N–H and O–H groups in total. The maximum atomic E-state index is 13.3. The van der Waals surface area contributed by atoms with Gasteiger partial charge in [0.2, 0.25) is 0 Å². The predicted octanol–water partition coefficient (Wildman–Crippen LogP) is 4.44. The second kappa shape index (κ2) is 8.73. The van der Waals surface area contributed by atoms with E-state index in [0.717, 1.165) is 53.5 Å². The molecule has 2 aromatic rings. The molecular formula is C29H33N3O4. The van der Waals surface area contributed by atoms with E-state index >= 15 is 0 Å². The van der Waals surface area contributed by atoms with Crippen molar-refractivity contribution < 1.29 is 19.1 Å². The number of carbonyl (C=O) groups is 3. The van der Waals surface area contributed by atoms with Crippen LogP contribution in [-0.2, 0) is 22.6 Å². The molecule has 1 saturated carbocycles. The largest absolute Gasteiger partial charge is 0.381 e. The summed E-state index contributed by atoms with van der Waals surface area (Å²) in [7, 11) is 0. The standard InChI is InChI=1S/C29H33N3O4/c1-29(2)27(34)31(16-20-11-13-36-14-12-20)28(35)32(29)17-19-3-5-21(6-4-19)22-7-10-25-23(15-22)18-30(26(25)33)24-8-9-24/h3-7,10,15,20,24H,8-9,11-14,16-18H2,1-2H3. The predicted molar refractivity (Wildman–Crippen MR) is 135 cm³/mol. The van der Waals surface area contributed by atoms with Crippen molar-refractivity contribution in [1.82, 2.24) is 14.7 Å². The van der Waals surface area contributed by atoms with Crippen LogP contribution in [0, 0.1) is 5.92 Å². The van der Waals surface area contributed by atoms with E-state index in [2.05, 4.69) is 18.2 Å². The van der Waals surface area contributed by atoms with Crippen molar-refractivity contribution in [2.45, 2.75) is 64.2 Å². The zero-order valence-corrected chi connectivity index (χ0v) is 21.0. The molecule has 0 unspecified atom stereocenters. The second-order valence-electron chi connectivity index (χ2n) is 11.1. The van der Waals surface area contributed by atoms with Gasteiger partial charge in [-0.2, -0.15) is 0 Å². The monoisotopic (exact) mass is 487 g/mol. The lowest BCUT2D eigenvalue weighted by molar-refractivity contribution is -0.132. The number of amides is 4. The highest BCUT2D eigenvalue weighted by atomic mass is 16.5. The van der Waals surface area contributed by atoms with Crippen LogP contribution in [0.3, 0.4) is 0 Å². The first-order valence-corrected chi connectivity index (χ1v) is 13.1. The van der Waals surface area contributed by atoms with E-state index in [0.29, 0.717) is 44.8 Å². The van der Waals surface area contributed by atoms with Gasteiger partial charge in [-0.15, -0.1) is 0 Å². The van der Waals surface area contributed by atoms with Crippen LogP contribution >= 0.6 is 0 Å². The van der Waals surface area contributed by atoms with Crippen LogP contribution in [-0.4, -0.2) is 63.9 Å². The van der Waals surface area contributed by atoms with Crippen molar-refractivity contribution in [2.24, 2.45) is 5.92 Å². The van der Waals surface area contributed by atoms with E-state index in [4.69, 9.17) is 4.74 Å². The molecule has 7 heteroatoms. The fraction of sp³-hybridized carbons (Fsp3) is 0.483. The van der Waals surface area contributed by atoms with Crippen molar-refractivity contribution in [3.63, 3.8) is 0 Å². The number of imide groups is 1. The summed E-state index contributed by atoms with van der Waals surface area (Å²) in [6.07, 6.45) is 4.00. The maximum absolute atomic E-state index is 13.3. The number of nitrogens with zero attached hydrogens (tertiary/aromatic N) is 3. The molecule has 2 aromatic carbocycles. The summed E-state index contributed by atoms with van der Waals surface area (Å²) in [5, 5.41) is 0. The Labute approximate surface area is 212 Å². The summed E-state index contributed by atoms with van der Waals surface area (Å²) in [6, 6.07) is 14.5. The molecule has 4 amide bonds. The average Bonchev–Trinajstić information content (AvgIpc) is 3.66. The Morgan fingerprint density at radius 1 is 0.917 bits per heavy atom. The van der Waals surface area contributed by atoms with E-state index in [-0.39, 0.29) is 17.8 Å². The Hall–Kier alpha value is -3.19. The third-order valence-corrected chi connectivity index (χ3v) is 8.24. The molecule has 6 rings (SSSR count). The van der Waals surface area contributed by atoms with E-state index in [1.54, 1.807) is 4.90 Å². The van der Waals surface area contributed by atoms with Gasteiger partial charge in [0.25, 0.3) is 11.8 Å². The third-order valence-electron chi connectivity index (χ3n) is 8.24. The zero-order chi connectivity index (χ0) is 25.0. The van der Waals surface area contributed by atoms with Crippen LogP contribution in [0.4, 0.5) is 4.79 Å². The number of fused-ring (bicyclic) bond motifs is 1. The molecule has 0 bridgehead atoms. The molecule has 3 heterocycles. The summed E-state index contributed by atoms with van der Waals surface area (Å²) < 4.78 is 5.43. The van der Waals surface area contributed by atoms with E-state index < -0.39 is 5.54 Å². The number of benzene rings is 2. The Morgan fingerprint density at radius 3 is 2.31 bits per heavy atom. The van der Waals surface area contributed by atoms with Crippen LogP contribution in [0.15, 0.2) is 42.5 Å². The fourth-order valence-corrected chi connectivity index (χ4v) is 5.72. The average molecular weight is 488 g/mol. The number of urea groups is 1. The van der Waals surface area contributed by atoms with Gasteiger partial charge in [-0.1, -0.05) is 30.3 Å². The van der Waals surface area contributed by atoms with Gasteiger partial charge in [-0.25, -0.2) is 4.79 Å². The molecule has 3 aliphatic heterocycles. The minimum absolute atomic E-state index is 0.122. The summed E-state index contributed by atoms with van der Waals surface area (Å²) in [5.74, 6) is 0.344. The summed E-state index contributed by atoms with van der Waals surface area (Å²) in [6.45, 7) is 6.62. The lowest BCUT2D eigenvalue weighted by Crippen LogP contribution is -2.43. The van der Waals surface area contributed by atoms with Crippen molar-refractivity contribution >= 4 is 17.8 Å². The van der Waals surface area contributed by atoms with Crippen LogP contribution in [0.1, 0.15) is 61.0 Å². The third kappa shape index (κ3) is 3.99. The molecule has 0 atom stereocenters. The van der Waals surface area contributed by atoms with Gasteiger partial charge in [0.15, 0.2) is 0 Å². The number of hydrogen-bond acceptors (Lipinski definition) is 4. The molecule has 36 heavy (non-hydrogen) atoms. The Balaban J connectivity index is 1.16. The Kier molecular flexibility index (Phi) is 5.63. The first-order valence-electron chi connectivity index (χ1n) is 13.1. The van der Waals surface area contributed by atoms with Crippen LogP contribution in [0.25, 0.3) is 11.1 Å². The first-order chi connectivity index (χ1) is 17.3. The maximum Gasteiger partial charge on any atom is 0.327 e. The fourth-order valence-electron chi connectivity index (χ4n) is 5.72. The first kappa shape index (κ1) is 23.2. The quantitative estimate of drug-likeness (QED) is 0.565. The van der Waals surface area contributed by atoms with Gasteiger partial charge in [0, 0.05) is 44.5 Å². The van der Waals surface area contributed by atoms with Crippen LogP contribution < -0.4 is 0 Å². The molecule has 0 spiro atoms. The minimum Gasteiger partial charge on any atom is -0.381 e. The highest BCUT2D eigenvalue weighted by molar-refractivity contribution is 6.06. The molecule has 1 aliphatic carbocycles. The number of carbonyl (C=O) groups excluding carboxylic acids is 3. The molecule has 188 valence electrons. The second-order valence-corrected chi connectivity index (χ2v) is 11.1. The van der Waals surface area contributed by atoms with Crippen molar-refractivity contribution in [1.29, 1.82) is 0 Å². The van der Waals surface area contributed by atoms with Crippen molar-refractivity contribution in [2.75, 3.05) is 19.8 Å². The van der Waals surface area contributed by atoms with E-state index in [9.17, 15) is 14.4 Å². The highest BCUT2D eigenvalue weighted by Gasteiger charge is 2.51. The smallest absolute Gasteiger partial charge is 0.327 e. The number of rotatable bonds is 6. The minimum atomic E-state index is -0.874. The molecule has 3 fully saturated rings. The molecule has 4 aliphatic rings. The van der Waals surface area contributed by atoms with E-state index in [1.165, 1.54) is 4.90 Å². The summed E-state index contributed by atoms with van der Waals surface area (Å²) in [4.78, 5) is 44.2. The summed E-state index contributed by atoms with van der Waals surface area (Å²) >= 11 is 0. The number of ether oxygens (including phenoxy) is 1. The van der Waals surface area contributed by atoms with E-state index in [1.807, 2.05) is 43.0 Å². The highest BCUT2D eigenvalue weighted by Crippen LogP contribution is 2.36. The lowest BCUT2D eigenvalue weighted by atomic mass is 9.98. The van der Waals surface area contributed by atoms with Crippen molar-refractivity contribution in [3.05, 3.63) is 59.2 Å². The molecule has 2 saturated heterocycles. The van der Waals surface area contributed by atoms with Crippen LogP contribution in [0.2, 0.25) is 0 Å². The Bertz CT molecular complexity index is 1210.